The van der Waals surface area contributed by atoms with E-state index in [9.17, 15) is 19.2 Å². The summed E-state index contributed by atoms with van der Waals surface area (Å²) in [6.07, 6.45) is 1.24. The van der Waals surface area contributed by atoms with Crippen LogP contribution in [0.4, 0.5) is 0 Å². The number of nitrogens with two attached hydrogens (primary N) is 1. The van der Waals surface area contributed by atoms with Gasteiger partial charge in [-0.3, -0.25) is 19.2 Å². The molecule has 0 aliphatic heterocycles. The van der Waals surface area contributed by atoms with Crippen LogP contribution in [-0.4, -0.2) is 204 Å². The molecule has 0 saturated heterocycles. The molecule has 0 bridgehead atoms. The predicted molar refractivity (Wildman–Crippen MR) is 295 cm³/mol. The molecule has 0 heterocycles. The molecule has 0 unspecified atom stereocenters. The molecule has 23 heteroatoms. The van der Waals surface area contributed by atoms with Crippen LogP contribution in [0.5, 0.6) is 34.5 Å². The van der Waals surface area contributed by atoms with Gasteiger partial charge in [-0.05, 0) is 97.9 Å². The van der Waals surface area contributed by atoms with Crippen molar-refractivity contribution >= 4 is 23.6 Å². The van der Waals surface area contributed by atoms with Crippen molar-refractivity contribution in [1.82, 2.24) is 47.9 Å². The van der Waals surface area contributed by atoms with Crippen molar-refractivity contribution in [2.45, 2.75) is 25.7 Å². The standard InChI is InChI=1S/C54H88N10O13/c1-56-13-22-72-44-28-41(29-45(34-44)73-23-14-57-2)51(66)62-10-7-19-69-38-54(37-50(55)65,39-70-20-8-11-63-52(67)42-30-46(74-24-15-58-3)35-47(31-42)75-25-16-59-4)40-71-21-9-12-64-53(68)43-32-48(76-26-17-60-5)36-49(33-43)77-27-18-61-6/h28-36,56-61H,7-27,37-40H2,1-6H3,(H2,55,65)(H,62,66)(H,63,67)(H,64,68). The Morgan fingerprint density at radius 3 is 0.805 bits per heavy atom. The number of carbonyl (C=O) groups excluding carboxylic acids is 4. The SMILES string of the molecule is CNCCOc1cc(OCCNC)cc(C(=O)NCCCOCC(COCCCNC(=O)c2cc(OCCNC)cc(OCCNC)c2)(COCCCNC(=O)c2cc(OCCNC)cc(OCCNC)c2)CC(N)=O)c1. The van der Waals surface area contributed by atoms with Crippen LogP contribution in [-0.2, 0) is 19.0 Å². The van der Waals surface area contributed by atoms with Crippen molar-refractivity contribution in [3.63, 3.8) is 0 Å². The molecule has 0 fully saturated rings. The minimum atomic E-state index is -0.992. The fraction of sp³-hybridized carbons (Fsp3) is 0.593. The number of benzene rings is 3. The lowest BCUT2D eigenvalue weighted by molar-refractivity contribution is -0.127. The summed E-state index contributed by atoms with van der Waals surface area (Å²) in [6, 6.07) is 15.3. The third-order valence-corrected chi connectivity index (χ3v) is 11.2. The maximum absolute atomic E-state index is 13.3. The molecule has 0 aliphatic carbocycles. The molecule has 23 nitrogen and oxygen atoms in total. The highest BCUT2D eigenvalue weighted by molar-refractivity contribution is 5.96. The monoisotopic (exact) mass is 1080 g/mol. The van der Waals surface area contributed by atoms with Crippen LogP contribution in [0, 0.1) is 5.41 Å². The van der Waals surface area contributed by atoms with Crippen LogP contribution in [0.3, 0.4) is 0 Å². The second kappa shape index (κ2) is 40.2. The number of carbonyl (C=O) groups is 4. The molecule has 3 aromatic carbocycles. The van der Waals surface area contributed by atoms with E-state index < -0.39 is 11.3 Å². The zero-order valence-electron chi connectivity index (χ0n) is 46.3. The smallest absolute Gasteiger partial charge is 0.251 e. The number of amides is 4. The second-order valence-corrected chi connectivity index (χ2v) is 17.9. The fourth-order valence-electron chi connectivity index (χ4n) is 7.18. The van der Waals surface area contributed by atoms with Gasteiger partial charge < -0.3 is 96.2 Å². The highest BCUT2D eigenvalue weighted by Crippen LogP contribution is 2.27. The van der Waals surface area contributed by atoms with Crippen LogP contribution in [0.15, 0.2) is 54.6 Å². The summed E-state index contributed by atoms with van der Waals surface area (Å²) in [4.78, 5) is 52.6. The van der Waals surface area contributed by atoms with Gasteiger partial charge in [0.25, 0.3) is 17.7 Å². The molecule has 3 aromatic rings. The van der Waals surface area contributed by atoms with E-state index >= 15 is 0 Å². The minimum Gasteiger partial charge on any atom is -0.492 e. The fourth-order valence-corrected chi connectivity index (χ4v) is 7.18. The lowest BCUT2D eigenvalue weighted by atomic mass is 9.86. The third-order valence-electron chi connectivity index (χ3n) is 11.2. The first kappa shape index (κ1) is 65.3. The third kappa shape index (κ3) is 28.3. The van der Waals surface area contributed by atoms with Gasteiger partial charge in [0.2, 0.25) is 5.91 Å². The molecular formula is C54H88N10O13. The van der Waals surface area contributed by atoms with Gasteiger partial charge in [0, 0.05) is 125 Å². The molecule has 77 heavy (non-hydrogen) atoms. The van der Waals surface area contributed by atoms with Crippen molar-refractivity contribution in [2.75, 3.05) is 180 Å². The number of likely N-dealkylation sites (N-methyl/N-ethyl adjacent to an activating group) is 6. The Balaban J connectivity index is 1.64. The van der Waals surface area contributed by atoms with E-state index in [1.807, 2.05) is 42.3 Å². The topological polar surface area (TPSA) is 286 Å². The summed E-state index contributed by atoms with van der Waals surface area (Å²) in [5.41, 5.74) is 6.02. The molecule has 4 amide bonds. The molecule has 432 valence electrons. The predicted octanol–water partition coefficient (Wildman–Crippen LogP) is 0.947. The van der Waals surface area contributed by atoms with E-state index in [-0.39, 0.29) is 63.8 Å². The average Bonchev–Trinajstić information content (AvgIpc) is 3.41. The minimum absolute atomic E-state index is 0.0492. The van der Waals surface area contributed by atoms with Crippen molar-refractivity contribution in [3.05, 3.63) is 71.3 Å². The van der Waals surface area contributed by atoms with Crippen molar-refractivity contribution in [2.24, 2.45) is 11.1 Å². The first-order chi connectivity index (χ1) is 37.5. The molecule has 11 N–H and O–H groups in total. The largest absolute Gasteiger partial charge is 0.492 e. The number of rotatable bonds is 47. The zero-order valence-corrected chi connectivity index (χ0v) is 46.3. The molecule has 0 aliphatic rings. The molecule has 0 saturated carbocycles. The Hall–Kier alpha value is -6.02. The Morgan fingerprint density at radius 1 is 0.364 bits per heavy atom. The normalized spacial score (nSPS) is 11.2. The van der Waals surface area contributed by atoms with Gasteiger partial charge in [0.05, 0.1) is 19.8 Å². The van der Waals surface area contributed by atoms with Crippen molar-refractivity contribution < 1.29 is 61.8 Å². The summed E-state index contributed by atoms with van der Waals surface area (Å²) in [5, 5.41) is 27.0. The summed E-state index contributed by atoms with van der Waals surface area (Å²) >= 11 is 0. The van der Waals surface area contributed by atoms with Gasteiger partial charge in [0.1, 0.15) is 74.1 Å². The molecule has 0 radical (unpaired) electrons. The lowest BCUT2D eigenvalue weighted by Crippen LogP contribution is -2.41. The molecule has 0 atom stereocenters. The Morgan fingerprint density at radius 2 is 0.597 bits per heavy atom. The average molecular weight is 1090 g/mol. The second-order valence-electron chi connectivity index (χ2n) is 17.9. The van der Waals surface area contributed by atoms with Crippen LogP contribution < -0.4 is 82.0 Å². The van der Waals surface area contributed by atoms with E-state index in [1.54, 1.807) is 54.6 Å². The number of hydrogen-bond donors (Lipinski definition) is 10. The lowest BCUT2D eigenvalue weighted by Gasteiger charge is -2.32. The summed E-state index contributed by atoms with van der Waals surface area (Å²) in [6.45, 7) is 8.00. The van der Waals surface area contributed by atoms with Gasteiger partial charge in [-0.15, -0.1) is 0 Å². The number of hydrogen-bond acceptors (Lipinski definition) is 19. The Kier molecular flexibility index (Phi) is 34.1. The van der Waals surface area contributed by atoms with Crippen LogP contribution >= 0.6 is 0 Å². The first-order valence-corrected chi connectivity index (χ1v) is 26.4. The van der Waals surface area contributed by atoms with Crippen LogP contribution in [0.25, 0.3) is 0 Å². The first-order valence-electron chi connectivity index (χ1n) is 26.4. The Labute approximate surface area is 455 Å². The van der Waals surface area contributed by atoms with Crippen molar-refractivity contribution in [1.29, 1.82) is 0 Å². The van der Waals surface area contributed by atoms with Crippen molar-refractivity contribution in [3.8, 4) is 34.5 Å². The van der Waals surface area contributed by atoms with E-state index in [2.05, 4.69) is 47.9 Å². The van der Waals surface area contributed by atoms with E-state index in [0.717, 1.165) is 0 Å². The number of ether oxygens (including phenoxy) is 9. The molecule has 0 spiro atoms. The molecule has 3 rings (SSSR count). The Bertz CT molecular complexity index is 1830. The molecule has 0 aromatic heterocycles. The maximum atomic E-state index is 13.3. The summed E-state index contributed by atoms with van der Waals surface area (Å²) < 4.78 is 53.6. The summed E-state index contributed by atoms with van der Waals surface area (Å²) in [5.74, 6) is 1.61. The van der Waals surface area contributed by atoms with E-state index in [0.29, 0.717) is 169 Å². The van der Waals surface area contributed by atoms with Gasteiger partial charge in [-0.2, -0.15) is 0 Å². The van der Waals surface area contributed by atoms with Gasteiger partial charge in [0.15, 0.2) is 0 Å². The molecular weight excluding hydrogens is 997 g/mol. The van der Waals surface area contributed by atoms with E-state index in [1.165, 1.54) is 0 Å². The number of primary amides is 1. The van der Waals surface area contributed by atoms with Crippen LogP contribution in [0.2, 0.25) is 0 Å². The van der Waals surface area contributed by atoms with E-state index in [4.69, 9.17) is 48.4 Å². The highest BCUT2D eigenvalue weighted by atomic mass is 16.5. The maximum Gasteiger partial charge on any atom is 0.251 e. The highest BCUT2D eigenvalue weighted by Gasteiger charge is 2.34. The van der Waals surface area contributed by atoms with Gasteiger partial charge in [-0.25, -0.2) is 0 Å². The van der Waals surface area contributed by atoms with Crippen LogP contribution in [0.1, 0.15) is 56.8 Å². The van der Waals surface area contributed by atoms with Gasteiger partial charge in [-0.1, -0.05) is 0 Å². The van der Waals surface area contributed by atoms with Gasteiger partial charge >= 0.3 is 0 Å². The zero-order chi connectivity index (χ0) is 55.8. The quantitative estimate of drug-likeness (QED) is 0.0353. The summed E-state index contributed by atoms with van der Waals surface area (Å²) in [7, 11) is 11.0. The number of nitrogens with one attached hydrogen (secondary N) is 9.